The maximum Gasteiger partial charge on any atom is 0.169 e. The summed E-state index contributed by atoms with van der Waals surface area (Å²) >= 11 is 0. The van der Waals surface area contributed by atoms with Crippen LogP contribution in [0, 0.1) is 5.82 Å². The summed E-state index contributed by atoms with van der Waals surface area (Å²) in [5, 5.41) is 0. The molecule has 0 saturated carbocycles. The average molecular weight is 223 g/mol. The Hall–Kier alpha value is -1.35. The molecular weight excluding hydrogens is 205 g/mol. The minimum atomic E-state index is -0.337. The Bertz CT molecular complexity index is 350. The van der Waals surface area contributed by atoms with Crippen molar-refractivity contribution in [2.45, 2.75) is 26.3 Å². The van der Waals surface area contributed by atoms with E-state index in [-0.39, 0.29) is 12.4 Å². The molecule has 0 heterocycles. The molecule has 2 nitrogen and oxygen atoms in total. The number of hydrogen-bond donors (Lipinski definition) is 1. The smallest absolute Gasteiger partial charge is 0.169 e. The standard InChI is InChI=1S/C13H18FNO/c1-2-3-4-5-9-16-12-8-6-7-11(10-15)13(12)14/h2-3,6-8H,4-5,9-10,15H2,1H3. The van der Waals surface area contributed by atoms with Crippen molar-refractivity contribution in [2.75, 3.05) is 6.61 Å². The summed E-state index contributed by atoms with van der Waals surface area (Å²) in [4.78, 5) is 0. The summed E-state index contributed by atoms with van der Waals surface area (Å²) in [6, 6.07) is 5.05. The SMILES string of the molecule is CC=CCCCOc1cccc(CN)c1F. The van der Waals surface area contributed by atoms with Crippen LogP contribution in [0.1, 0.15) is 25.3 Å². The Balaban J connectivity index is 2.47. The van der Waals surface area contributed by atoms with Crippen molar-refractivity contribution >= 4 is 0 Å². The molecule has 1 aromatic carbocycles. The van der Waals surface area contributed by atoms with Crippen molar-refractivity contribution in [3.8, 4) is 5.75 Å². The summed E-state index contributed by atoms with van der Waals surface area (Å²) in [6.45, 7) is 2.70. The fraction of sp³-hybridized carbons (Fsp3) is 0.385. The van der Waals surface area contributed by atoms with Crippen LogP contribution < -0.4 is 10.5 Å². The van der Waals surface area contributed by atoms with Crippen molar-refractivity contribution in [3.63, 3.8) is 0 Å². The molecule has 0 aliphatic carbocycles. The third-order valence-corrected chi connectivity index (χ3v) is 2.27. The molecule has 2 N–H and O–H groups in total. The second-order valence-electron chi connectivity index (χ2n) is 3.49. The van der Waals surface area contributed by atoms with Gasteiger partial charge in [-0.3, -0.25) is 0 Å². The molecule has 16 heavy (non-hydrogen) atoms. The van der Waals surface area contributed by atoms with Gasteiger partial charge in [-0.25, -0.2) is 4.39 Å². The fourth-order valence-corrected chi connectivity index (χ4v) is 1.38. The molecule has 0 bridgehead atoms. The zero-order valence-electron chi connectivity index (χ0n) is 9.58. The van der Waals surface area contributed by atoms with Crippen molar-refractivity contribution in [3.05, 3.63) is 41.7 Å². The molecule has 0 saturated heterocycles. The number of benzene rings is 1. The number of ether oxygens (including phenoxy) is 1. The topological polar surface area (TPSA) is 35.2 Å². The highest BCUT2D eigenvalue weighted by atomic mass is 19.1. The number of nitrogens with two attached hydrogens (primary N) is 1. The lowest BCUT2D eigenvalue weighted by molar-refractivity contribution is 0.295. The minimum Gasteiger partial charge on any atom is -0.490 e. The van der Waals surface area contributed by atoms with Gasteiger partial charge in [-0.1, -0.05) is 24.3 Å². The Labute approximate surface area is 95.9 Å². The largest absolute Gasteiger partial charge is 0.490 e. The van der Waals surface area contributed by atoms with Gasteiger partial charge in [0.05, 0.1) is 6.61 Å². The molecule has 88 valence electrons. The van der Waals surface area contributed by atoms with Gasteiger partial charge in [0.25, 0.3) is 0 Å². The van der Waals surface area contributed by atoms with Crippen LogP contribution in [0.3, 0.4) is 0 Å². The molecule has 1 rings (SSSR count). The van der Waals surface area contributed by atoms with Gasteiger partial charge in [-0.2, -0.15) is 0 Å². The Morgan fingerprint density at radius 3 is 2.94 bits per heavy atom. The molecule has 0 unspecified atom stereocenters. The Morgan fingerprint density at radius 2 is 2.25 bits per heavy atom. The van der Waals surface area contributed by atoms with E-state index in [0.717, 1.165) is 12.8 Å². The second-order valence-corrected chi connectivity index (χ2v) is 3.49. The van der Waals surface area contributed by atoms with E-state index >= 15 is 0 Å². The van der Waals surface area contributed by atoms with E-state index in [4.69, 9.17) is 10.5 Å². The molecule has 0 spiro atoms. The lowest BCUT2D eigenvalue weighted by Crippen LogP contribution is -2.04. The fourth-order valence-electron chi connectivity index (χ4n) is 1.38. The number of rotatable bonds is 6. The van der Waals surface area contributed by atoms with Crippen LogP contribution in [-0.4, -0.2) is 6.61 Å². The molecule has 0 aliphatic rings. The van der Waals surface area contributed by atoms with E-state index < -0.39 is 0 Å². The molecule has 0 fully saturated rings. The highest BCUT2D eigenvalue weighted by molar-refractivity contribution is 5.30. The quantitative estimate of drug-likeness (QED) is 0.594. The van der Waals surface area contributed by atoms with Gasteiger partial charge in [0, 0.05) is 12.1 Å². The van der Waals surface area contributed by atoms with Gasteiger partial charge < -0.3 is 10.5 Å². The van der Waals surface area contributed by atoms with Crippen molar-refractivity contribution in [1.29, 1.82) is 0 Å². The van der Waals surface area contributed by atoms with Gasteiger partial charge in [0.15, 0.2) is 11.6 Å². The van der Waals surface area contributed by atoms with Gasteiger partial charge in [0.2, 0.25) is 0 Å². The molecule has 1 aromatic rings. The first kappa shape index (κ1) is 12.7. The van der Waals surface area contributed by atoms with E-state index in [9.17, 15) is 4.39 Å². The molecule has 0 radical (unpaired) electrons. The van der Waals surface area contributed by atoms with E-state index in [1.54, 1.807) is 18.2 Å². The molecule has 0 aliphatic heterocycles. The minimum absolute atomic E-state index is 0.196. The summed E-state index contributed by atoms with van der Waals surface area (Å²) in [7, 11) is 0. The molecule has 3 heteroatoms. The van der Waals surface area contributed by atoms with E-state index in [2.05, 4.69) is 6.08 Å². The summed E-state index contributed by atoms with van der Waals surface area (Å²) in [6.07, 6.45) is 5.90. The van der Waals surface area contributed by atoms with E-state index in [1.165, 1.54) is 0 Å². The summed E-state index contributed by atoms with van der Waals surface area (Å²) in [5.41, 5.74) is 5.90. The normalized spacial score (nSPS) is 10.9. The zero-order chi connectivity index (χ0) is 11.8. The first-order chi connectivity index (χ1) is 7.79. The average Bonchev–Trinajstić information content (AvgIpc) is 2.31. The van der Waals surface area contributed by atoms with Gasteiger partial charge >= 0.3 is 0 Å². The van der Waals surface area contributed by atoms with Gasteiger partial charge in [-0.15, -0.1) is 0 Å². The first-order valence-corrected chi connectivity index (χ1v) is 5.51. The molecule has 0 amide bonds. The highest BCUT2D eigenvalue weighted by Gasteiger charge is 2.06. The van der Waals surface area contributed by atoms with Crippen LogP contribution in [0.4, 0.5) is 4.39 Å². The predicted molar refractivity (Wildman–Crippen MR) is 63.8 cm³/mol. The number of unbranched alkanes of at least 4 members (excludes halogenated alkanes) is 1. The van der Waals surface area contributed by atoms with Gasteiger partial charge in [0.1, 0.15) is 0 Å². The number of halogens is 1. The Morgan fingerprint density at radius 1 is 1.44 bits per heavy atom. The third-order valence-electron chi connectivity index (χ3n) is 2.27. The van der Waals surface area contributed by atoms with Crippen LogP contribution >= 0.6 is 0 Å². The lowest BCUT2D eigenvalue weighted by atomic mass is 10.2. The van der Waals surface area contributed by atoms with Crippen LogP contribution in [0.25, 0.3) is 0 Å². The van der Waals surface area contributed by atoms with E-state index in [1.807, 2.05) is 13.0 Å². The molecule has 0 atom stereocenters. The monoisotopic (exact) mass is 223 g/mol. The van der Waals surface area contributed by atoms with E-state index in [0.29, 0.717) is 17.9 Å². The summed E-state index contributed by atoms with van der Waals surface area (Å²) < 4.78 is 19.0. The first-order valence-electron chi connectivity index (χ1n) is 5.51. The lowest BCUT2D eigenvalue weighted by Gasteiger charge is -2.08. The van der Waals surface area contributed by atoms with Crippen LogP contribution in [0.15, 0.2) is 30.4 Å². The highest BCUT2D eigenvalue weighted by Crippen LogP contribution is 2.20. The van der Waals surface area contributed by atoms with Crippen molar-refractivity contribution in [1.82, 2.24) is 0 Å². The maximum absolute atomic E-state index is 13.6. The van der Waals surface area contributed by atoms with Crippen LogP contribution in [0.5, 0.6) is 5.75 Å². The van der Waals surface area contributed by atoms with Crippen molar-refractivity contribution in [2.24, 2.45) is 5.73 Å². The molecular formula is C13H18FNO. The summed E-state index contributed by atoms with van der Waals surface area (Å²) in [5.74, 6) is -0.0422. The second kappa shape index (κ2) is 7.01. The zero-order valence-corrected chi connectivity index (χ0v) is 9.58. The maximum atomic E-state index is 13.6. The van der Waals surface area contributed by atoms with Gasteiger partial charge in [-0.05, 0) is 25.8 Å². The third kappa shape index (κ3) is 3.66. The Kier molecular flexibility index (Phi) is 5.57. The molecule has 0 aromatic heterocycles. The number of allylic oxidation sites excluding steroid dienone is 2. The van der Waals surface area contributed by atoms with Crippen LogP contribution in [-0.2, 0) is 6.54 Å². The predicted octanol–water partition coefficient (Wildman–Crippen LogP) is 3.02. The van der Waals surface area contributed by atoms with Crippen molar-refractivity contribution < 1.29 is 9.13 Å². The van der Waals surface area contributed by atoms with Crippen LogP contribution in [0.2, 0.25) is 0 Å². The number of hydrogen-bond acceptors (Lipinski definition) is 2.